The van der Waals surface area contributed by atoms with Crippen LogP contribution in [0.2, 0.25) is 0 Å². The van der Waals surface area contributed by atoms with Crippen LogP contribution in [-0.2, 0) is 13.0 Å². The summed E-state index contributed by atoms with van der Waals surface area (Å²) in [6.07, 6.45) is 0.342. The molecule has 2 aromatic rings. The highest BCUT2D eigenvalue weighted by Gasteiger charge is 2.12. The molecule has 6 nitrogen and oxygen atoms in total. The molecule has 2 aromatic carbocycles. The molecular weight excluding hydrogens is 284 g/mol. The minimum Gasteiger partial charge on any atom is -0.493 e. The number of rotatable bonds is 6. The Balaban J connectivity index is 2.13. The first kappa shape index (κ1) is 15.3. The molecule has 0 aliphatic carbocycles. The molecule has 22 heavy (non-hydrogen) atoms. The Labute approximate surface area is 127 Å². The molecule has 0 bridgehead atoms. The lowest BCUT2D eigenvalue weighted by Gasteiger charge is -2.11. The summed E-state index contributed by atoms with van der Waals surface area (Å²) in [5.74, 6) is 0.737. The highest BCUT2D eigenvalue weighted by atomic mass is 16.6. The first-order valence-electron chi connectivity index (χ1n) is 6.54. The molecule has 0 spiro atoms. The summed E-state index contributed by atoms with van der Waals surface area (Å²) in [5, 5.41) is 19.4. The van der Waals surface area contributed by atoms with E-state index in [1.807, 2.05) is 24.3 Å². The number of ether oxygens (including phenoxy) is 2. The first-order chi connectivity index (χ1) is 10.6. The summed E-state index contributed by atoms with van der Waals surface area (Å²) >= 11 is 0. The van der Waals surface area contributed by atoms with Gasteiger partial charge in [0, 0.05) is 6.07 Å². The van der Waals surface area contributed by atoms with E-state index in [1.165, 1.54) is 25.3 Å². The van der Waals surface area contributed by atoms with Gasteiger partial charge in [0.05, 0.1) is 30.6 Å². The Hall–Kier alpha value is -3.07. The van der Waals surface area contributed by atoms with Gasteiger partial charge in [0.1, 0.15) is 6.61 Å². The van der Waals surface area contributed by atoms with Gasteiger partial charge in [0.25, 0.3) is 5.69 Å². The van der Waals surface area contributed by atoms with Crippen molar-refractivity contribution < 1.29 is 14.4 Å². The maximum Gasteiger partial charge on any atom is 0.273 e. The number of nitro groups is 1. The molecule has 0 N–H and O–H groups in total. The predicted octanol–water partition coefficient (Wildman–Crippen LogP) is 3.25. The van der Waals surface area contributed by atoms with Crippen molar-refractivity contribution in [2.45, 2.75) is 13.0 Å². The zero-order valence-electron chi connectivity index (χ0n) is 12.0. The predicted molar refractivity (Wildman–Crippen MR) is 79.7 cm³/mol. The number of hydrogen-bond donors (Lipinski definition) is 0. The molecule has 6 heteroatoms. The summed E-state index contributed by atoms with van der Waals surface area (Å²) in [6, 6.07) is 13.8. The topological polar surface area (TPSA) is 85.4 Å². The molecule has 0 aliphatic heterocycles. The Morgan fingerprint density at radius 1 is 1.18 bits per heavy atom. The van der Waals surface area contributed by atoms with E-state index in [1.54, 1.807) is 0 Å². The quantitative estimate of drug-likeness (QED) is 0.603. The number of nitro benzene ring substituents is 1. The van der Waals surface area contributed by atoms with Gasteiger partial charge in [0.15, 0.2) is 11.5 Å². The van der Waals surface area contributed by atoms with Gasteiger partial charge in [-0.3, -0.25) is 10.1 Å². The van der Waals surface area contributed by atoms with Gasteiger partial charge in [-0.2, -0.15) is 5.26 Å². The van der Waals surface area contributed by atoms with E-state index in [-0.39, 0.29) is 12.3 Å². The van der Waals surface area contributed by atoms with Crippen molar-refractivity contribution >= 4 is 5.69 Å². The summed E-state index contributed by atoms with van der Waals surface area (Å²) in [5.41, 5.74) is 1.77. The van der Waals surface area contributed by atoms with Crippen molar-refractivity contribution in [3.63, 3.8) is 0 Å². The fourth-order valence-corrected chi connectivity index (χ4v) is 1.97. The van der Waals surface area contributed by atoms with Crippen LogP contribution < -0.4 is 9.47 Å². The molecule has 0 aromatic heterocycles. The summed E-state index contributed by atoms with van der Waals surface area (Å²) in [6.45, 7) is 0.285. The SMILES string of the molecule is COc1cc([N+](=O)[O-])ccc1OCc1cccc(CC#N)c1. The maximum absolute atomic E-state index is 10.7. The fraction of sp³-hybridized carbons (Fsp3) is 0.188. The molecular formula is C16H14N2O4. The second kappa shape index (κ2) is 7.09. The van der Waals surface area contributed by atoms with E-state index in [4.69, 9.17) is 14.7 Å². The largest absolute Gasteiger partial charge is 0.493 e. The Morgan fingerprint density at radius 3 is 2.64 bits per heavy atom. The molecule has 0 atom stereocenters. The highest BCUT2D eigenvalue weighted by Crippen LogP contribution is 2.31. The number of hydrogen-bond acceptors (Lipinski definition) is 5. The normalized spacial score (nSPS) is 9.82. The zero-order valence-corrected chi connectivity index (χ0v) is 12.0. The lowest BCUT2D eigenvalue weighted by Crippen LogP contribution is -1.99. The molecule has 112 valence electrons. The molecule has 0 saturated carbocycles. The monoisotopic (exact) mass is 298 g/mol. The van der Waals surface area contributed by atoms with Gasteiger partial charge in [-0.15, -0.1) is 0 Å². The van der Waals surface area contributed by atoms with Crippen LogP contribution in [0, 0.1) is 21.4 Å². The average Bonchev–Trinajstić information content (AvgIpc) is 2.53. The number of non-ortho nitro benzene ring substituents is 1. The molecule has 0 radical (unpaired) electrons. The maximum atomic E-state index is 10.7. The van der Waals surface area contributed by atoms with Gasteiger partial charge in [-0.1, -0.05) is 24.3 Å². The van der Waals surface area contributed by atoms with Gasteiger partial charge < -0.3 is 9.47 Å². The van der Waals surface area contributed by atoms with Gasteiger partial charge in [0.2, 0.25) is 0 Å². The lowest BCUT2D eigenvalue weighted by molar-refractivity contribution is -0.385. The van der Waals surface area contributed by atoms with Gasteiger partial charge >= 0.3 is 0 Å². The van der Waals surface area contributed by atoms with Crippen LogP contribution in [0.1, 0.15) is 11.1 Å². The number of methoxy groups -OCH3 is 1. The standard InChI is InChI=1S/C16H14N2O4/c1-21-16-10-14(18(19)20)5-6-15(16)22-11-13-4-2-3-12(9-13)7-8-17/h2-6,9-10H,7,11H2,1H3. The van der Waals surface area contributed by atoms with E-state index in [2.05, 4.69) is 6.07 Å². The average molecular weight is 298 g/mol. The van der Waals surface area contributed by atoms with Crippen molar-refractivity contribution in [2.75, 3.05) is 7.11 Å². The summed E-state index contributed by atoms with van der Waals surface area (Å²) in [4.78, 5) is 10.3. The number of nitriles is 1. The molecule has 0 heterocycles. The first-order valence-corrected chi connectivity index (χ1v) is 6.54. The van der Waals surface area contributed by atoms with Crippen LogP contribution in [0.25, 0.3) is 0 Å². The van der Waals surface area contributed by atoms with E-state index >= 15 is 0 Å². The Kier molecular flexibility index (Phi) is 4.94. The van der Waals surface area contributed by atoms with Gasteiger partial charge in [-0.05, 0) is 17.2 Å². The van der Waals surface area contributed by atoms with E-state index in [9.17, 15) is 10.1 Å². The second-order valence-electron chi connectivity index (χ2n) is 4.54. The van der Waals surface area contributed by atoms with E-state index in [0.717, 1.165) is 11.1 Å². The van der Waals surface area contributed by atoms with Crippen LogP contribution in [0.3, 0.4) is 0 Å². The Morgan fingerprint density at radius 2 is 1.95 bits per heavy atom. The van der Waals surface area contributed by atoms with Crippen LogP contribution in [0.5, 0.6) is 11.5 Å². The van der Waals surface area contributed by atoms with Crippen LogP contribution in [-0.4, -0.2) is 12.0 Å². The zero-order chi connectivity index (χ0) is 15.9. The number of nitrogens with zero attached hydrogens (tertiary/aromatic N) is 2. The lowest BCUT2D eigenvalue weighted by atomic mass is 10.1. The van der Waals surface area contributed by atoms with Crippen LogP contribution >= 0.6 is 0 Å². The minimum atomic E-state index is -0.488. The molecule has 2 rings (SSSR count). The molecule has 0 fully saturated rings. The third-order valence-corrected chi connectivity index (χ3v) is 3.03. The van der Waals surface area contributed by atoms with E-state index in [0.29, 0.717) is 17.9 Å². The highest BCUT2D eigenvalue weighted by molar-refractivity contribution is 5.48. The molecule has 0 saturated heterocycles. The molecule has 0 amide bonds. The van der Waals surface area contributed by atoms with Crippen molar-refractivity contribution in [3.05, 3.63) is 63.7 Å². The van der Waals surface area contributed by atoms with Crippen molar-refractivity contribution in [1.82, 2.24) is 0 Å². The molecule has 0 aliphatic rings. The van der Waals surface area contributed by atoms with Crippen molar-refractivity contribution in [2.24, 2.45) is 0 Å². The van der Waals surface area contributed by atoms with Crippen LogP contribution in [0.15, 0.2) is 42.5 Å². The minimum absolute atomic E-state index is 0.0554. The molecule has 0 unspecified atom stereocenters. The number of benzene rings is 2. The van der Waals surface area contributed by atoms with Crippen LogP contribution in [0.4, 0.5) is 5.69 Å². The smallest absolute Gasteiger partial charge is 0.273 e. The van der Waals surface area contributed by atoms with E-state index < -0.39 is 4.92 Å². The Bertz CT molecular complexity index is 722. The second-order valence-corrected chi connectivity index (χ2v) is 4.54. The third kappa shape index (κ3) is 3.73. The van der Waals surface area contributed by atoms with Gasteiger partial charge in [-0.25, -0.2) is 0 Å². The third-order valence-electron chi connectivity index (χ3n) is 3.03. The fourth-order valence-electron chi connectivity index (χ4n) is 1.97. The van der Waals surface area contributed by atoms with Crippen molar-refractivity contribution in [1.29, 1.82) is 5.26 Å². The summed E-state index contributed by atoms with van der Waals surface area (Å²) in [7, 11) is 1.43. The summed E-state index contributed by atoms with van der Waals surface area (Å²) < 4.78 is 10.8. The van der Waals surface area contributed by atoms with Crippen molar-refractivity contribution in [3.8, 4) is 17.6 Å².